The summed E-state index contributed by atoms with van der Waals surface area (Å²) in [5.74, 6) is 0.786. The van der Waals surface area contributed by atoms with E-state index in [1.165, 1.54) is 6.26 Å². The predicted molar refractivity (Wildman–Crippen MR) is 96.7 cm³/mol. The van der Waals surface area contributed by atoms with E-state index in [1.54, 1.807) is 12.1 Å². The van der Waals surface area contributed by atoms with E-state index in [0.717, 1.165) is 22.6 Å². The van der Waals surface area contributed by atoms with Crippen LogP contribution in [0.1, 0.15) is 11.3 Å². The molecule has 1 aromatic heterocycles. The van der Waals surface area contributed by atoms with Crippen molar-refractivity contribution in [3.05, 3.63) is 72.0 Å². The Morgan fingerprint density at radius 1 is 1.00 bits per heavy atom. The zero-order chi connectivity index (χ0) is 17.9. The minimum atomic E-state index is -3.16. The van der Waals surface area contributed by atoms with Crippen molar-refractivity contribution in [3.63, 3.8) is 0 Å². The highest BCUT2D eigenvalue weighted by Crippen LogP contribution is 2.20. The summed E-state index contributed by atoms with van der Waals surface area (Å²) < 4.78 is 28.4. The van der Waals surface area contributed by atoms with Crippen LogP contribution in [0.5, 0.6) is 0 Å². The predicted octanol–water partition coefficient (Wildman–Crippen LogP) is 3.38. The lowest BCUT2D eigenvalue weighted by molar-refractivity contribution is 0.267. The van der Waals surface area contributed by atoms with E-state index in [2.05, 4.69) is 10.1 Å². The molecule has 0 unspecified atom stereocenters. The molecule has 2 aromatic carbocycles. The molecule has 0 aliphatic carbocycles. The van der Waals surface area contributed by atoms with E-state index in [1.807, 2.05) is 55.6 Å². The zero-order valence-electron chi connectivity index (χ0n) is 14.2. The SMILES string of the molecule is CN(Cc1ccc(S(C)(=O)=O)cc1)Cc1cc(-c2ccccc2)no1. The molecule has 0 saturated carbocycles. The minimum Gasteiger partial charge on any atom is -0.359 e. The number of hydrogen-bond donors (Lipinski definition) is 0. The maximum absolute atomic E-state index is 11.5. The standard InChI is InChI=1S/C19H20N2O3S/c1-21(13-15-8-10-18(11-9-15)25(2,22)23)14-17-12-19(20-24-17)16-6-4-3-5-7-16/h3-12H,13-14H2,1-2H3. The van der Waals surface area contributed by atoms with E-state index in [9.17, 15) is 8.42 Å². The normalized spacial score (nSPS) is 11.8. The molecule has 0 aliphatic heterocycles. The molecule has 3 rings (SSSR count). The number of hydrogen-bond acceptors (Lipinski definition) is 5. The van der Waals surface area contributed by atoms with Crippen LogP contribution < -0.4 is 0 Å². The van der Waals surface area contributed by atoms with Gasteiger partial charge in [0.15, 0.2) is 15.6 Å². The minimum absolute atomic E-state index is 0.335. The van der Waals surface area contributed by atoms with Gasteiger partial charge in [-0.15, -0.1) is 0 Å². The number of benzene rings is 2. The van der Waals surface area contributed by atoms with Crippen molar-refractivity contribution in [2.45, 2.75) is 18.0 Å². The Labute approximate surface area is 147 Å². The lowest BCUT2D eigenvalue weighted by atomic mass is 10.1. The molecule has 0 bridgehead atoms. The van der Waals surface area contributed by atoms with Crippen LogP contribution in [0.2, 0.25) is 0 Å². The molecule has 0 aliphatic rings. The average Bonchev–Trinajstić information content (AvgIpc) is 3.03. The fourth-order valence-corrected chi connectivity index (χ4v) is 3.24. The van der Waals surface area contributed by atoms with E-state index in [-0.39, 0.29) is 0 Å². The van der Waals surface area contributed by atoms with Crippen molar-refractivity contribution in [1.82, 2.24) is 10.1 Å². The van der Waals surface area contributed by atoms with Gasteiger partial charge in [0.25, 0.3) is 0 Å². The summed E-state index contributed by atoms with van der Waals surface area (Å²) in [6, 6.07) is 18.8. The van der Waals surface area contributed by atoms with Gasteiger partial charge < -0.3 is 4.52 Å². The van der Waals surface area contributed by atoms with Crippen LogP contribution in [-0.4, -0.2) is 31.8 Å². The maximum Gasteiger partial charge on any atom is 0.175 e. The van der Waals surface area contributed by atoms with Crippen LogP contribution in [0.15, 0.2) is 70.1 Å². The van der Waals surface area contributed by atoms with Crippen LogP contribution in [0.3, 0.4) is 0 Å². The Hall–Kier alpha value is -2.44. The summed E-state index contributed by atoms with van der Waals surface area (Å²) in [5, 5.41) is 4.12. The van der Waals surface area contributed by atoms with Gasteiger partial charge in [-0.25, -0.2) is 8.42 Å². The van der Waals surface area contributed by atoms with Crippen LogP contribution in [0.4, 0.5) is 0 Å². The first kappa shape index (κ1) is 17.4. The fourth-order valence-electron chi connectivity index (χ4n) is 2.61. The van der Waals surface area contributed by atoms with Crippen molar-refractivity contribution < 1.29 is 12.9 Å². The smallest absolute Gasteiger partial charge is 0.175 e. The molecule has 0 radical (unpaired) electrons. The second-order valence-corrected chi connectivity index (χ2v) is 8.15. The molecule has 0 atom stereocenters. The summed E-state index contributed by atoms with van der Waals surface area (Å²) in [6.45, 7) is 1.30. The Morgan fingerprint density at radius 2 is 1.68 bits per heavy atom. The third-order valence-corrected chi connectivity index (χ3v) is 4.99. The molecule has 0 fully saturated rings. The van der Waals surface area contributed by atoms with Crippen LogP contribution in [-0.2, 0) is 22.9 Å². The Morgan fingerprint density at radius 3 is 2.32 bits per heavy atom. The van der Waals surface area contributed by atoms with Crippen molar-refractivity contribution >= 4 is 9.84 Å². The van der Waals surface area contributed by atoms with Crippen LogP contribution in [0, 0.1) is 0 Å². The first-order valence-electron chi connectivity index (χ1n) is 7.90. The van der Waals surface area contributed by atoms with Gasteiger partial charge in [-0.05, 0) is 24.7 Å². The molecule has 130 valence electrons. The molecular weight excluding hydrogens is 336 g/mol. The molecule has 25 heavy (non-hydrogen) atoms. The van der Waals surface area contributed by atoms with Crippen LogP contribution in [0.25, 0.3) is 11.3 Å². The van der Waals surface area contributed by atoms with Gasteiger partial charge >= 0.3 is 0 Å². The second-order valence-electron chi connectivity index (χ2n) is 6.13. The summed E-state index contributed by atoms with van der Waals surface area (Å²) >= 11 is 0. The van der Waals surface area contributed by atoms with Gasteiger partial charge in [0.1, 0.15) is 5.69 Å². The summed E-state index contributed by atoms with van der Waals surface area (Å²) in [6.07, 6.45) is 1.21. The van der Waals surface area contributed by atoms with E-state index >= 15 is 0 Å². The van der Waals surface area contributed by atoms with Gasteiger partial charge in [-0.3, -0.25) is 4.90 Å². The van der Waals surface area contributed by atoms with Gasteiger partial charge in [0, 0.05) is 24.4 Å². The van der Waals surface area contributed by atoms with Gasteiger partial charge in [0.05, 0.1) is 11.4 Å². The van der Waals surface area contributed by atoms with Crippen molar-refractivity contribution in [1.29, 1.82) is 0 Å². The highest BCUT2D eigenvalue weighted by molar-refractivity contribution is 7.90. The number of nitrogens with zero attached hydrogens (tertiary/aromatic N) is 2. The molecule has 0 spiro atoms. The third-order valence-electron chi connectivity index (χ3n) is 3.86. The first-order valence-corrected chi connectivity index (χ1v) is 9.79. The number of sulfone groups is 1. The maximum atomic E-state index is 11.5. The highest BCUT2D eigenvalue weighted by atomic mass is 32.2. The molecule has 0 N–H and O–H groups in total. The highest BCUT2D eigenvalue weighted by Gasteiger charge is 2.10. The third kappa shape index (κ3) is 4.55. The van der Waals surface area contributed by atoms with E-state index in [0.29, 0.717) is 18.0 Å². The summed E-state index contributed by atoms with van der Waals surface area (Å²) in [4.78, 5) is 2.42. The second kappa shape index (κ2) is 7.21. The molecular formula is C19H20N2O3S. The topological polar surface area (TPSA) is 63.4 Å². The van der Waals surface area contributed by atoms with Gasteiger partial charge in [0.2, 0.25) is 0 Å². The van der Waals surface area contributed by atoms with Crippen molar-refractivity contribution in [3.8, 4) is 11.3 Å². The molecule has 6 heteroatoms. The number of rotatable bonds is 6. The van der Waals surface area contributed by atoms with E-state index < -0.39 is 9.84 Å². The summed E-state index contributed by atoms with van der Waals surface area (Å²) in [7, 11) is -1.18. The van der Waals surface area contributed by atoms with Crippen molar-refractivity contribution in [2.24, 2.45) is 0 Å². The average molecular weight is 356 g/mol. The number of aromatic nitrogens is 1. The largest absolute Gasteiger partial charge is 0.359 e. The lowest BCUT2D eigenvalue weighted by Gasteiger charge is -2.14. The lowest BCUT2D eigenvalue weighted by Crippen LogP contribution is -2.16. The molecule has 3 aromatic rings. The molecule has 0 saturated heterocycles. The molecule has 1 heterocycles. The van der Waals surface area contributed by atoms with Crippen LogP contribution >= 0.6 is 0 Å². The Kier molecular flexibility index (Phi) is 5.01. The first-order chi connectivity index (χ1) is 11.9. The Balaban J connectivity index is 1.63. The van der Waals surface area contributed by atoms with Gasteiger partial charge in [-0.2, -0.15) is 0 Å². The monoisotopic (exact) mass is 356 g/mol. The Bertz CT molecular complexity index is 932. The quantitative estimate of drug-likeness (QED) is 0.677. The van der Waals surface area contributed by atoms with Crippen molar-refractivity contribution in [2.75, 3.05) is 13.3 Å². The fraction of sp³-hybridized carbons (Fsp3) is 0.211. The molecule has 5 nitrogen and oxygen atoms in total. The van der Waals surface area contributed by atoms with Gasteiger partial charge in [-0.1, -0.05) is 47.6 Å². The zero-order valence-corrected chi connectivity index (χ0v) is 15.0. The molecule has 0 amide bonds. The summed E-state index contributed by atoms with van der Waals surface area (Å²) in [5.41, 5.74) is 2.88. The van der Waals surface area contributed by atoms with E-state index in [4.69, 9.17) is 4.52 Å².